The van der Waals surface area contributed by atoms with Gasteiger partial charge in [0.05, 0.1) is 6.54 Å². The fourth-order valence-corrected chi connectivity index (χ4v) is 1.65. The number of piperidine rings is 1. The lowest BCUT2D eigenvalue weighted by molar-refractivity contribution is 0.0674. The molecule has 1 aliphatic heterocycles. The Labute approximate surface area is 66.4 Å². The van der Waals surface area contributed by atoms with Crippen LogP contribution < -0.4 is 0 Å². The maximum absolute atomic E-state index is 11.9. The van der Waals surface area contributed by atoms with E-state index >= 15 is 0 Å². The van der Waals surface area contributed by atoms with E-state index in [4.69, 9.17) is 0 Å². The SMILES string of the molecule is CC1CCCN(CC(F)F)C1. The third kappa shape index (κ3) is 3.14. The Bertz CT molecular complexity index is 115. The summed E-state index contributed by atoms with van der Waals surface area (Å²) in [6, 6.07) is 0. The highest BCUT2D eigenvalue weighted by Crippen LogP contribution is 2.15. The van der Waals surface area contributed by atoms with Crippen molar-refractivity contribution in [2.75, 3.05) is 19.6 Å². The summed E-state index contributed by atoms with van der Waals surface area (Å²) in [5, 5.41) is 0. The Kier molecular flexibility index (Phi) is 3.24. The molecule has 0 aliphatic carbocycles. The van der Waals surface area contributed by atoms with Crippen molar-refractivity contribution in [1.29, 1.82) is 0 Å². The second kappa shape index (κ2) is 4.00. The first-order valence-corrected chi connectivity index (χ1v) is 4.19. The molecule has 11 heavy (non-hydrogen) atoms. The number of nitrogens with zero attached hydrogens (tertiary/aromatic N) is 1. The van der Waals surface area contributed by atoms with E-state index in [0.717, 1.165) is 19.5 Å². The van der Waals surface area contributed by atoms with Crippen molar-refractivity contribution < 1.29 is 8.78 Å². The van der Waals surface area contributed by atoms with E-state index in [1.165, 1.54) is 6.42 Å². The second-order valence-corrected chi connectivity index (χ2v) is 3.40. The zero-order valence-electron chi connectivity index (χ0n) is 6.89. The molecule has 1 unspecified atom stereocenters. The van der Waals surface area contributed by atoms with Crippen LogP contribution in [0.2, 0.25) is 0 Å². The summed E-state index contributed by atoms with van der Waals surface area (Å²) in [4.78, 5) is 1.86. The zero-order chi connectivity index (χ0) is 8.27. The van der Waals surface area contributed by atoms with Gasteiger partial charge >= 0.3 is 0 Å². The number of rotatable bonds is 2. The Hall–Kier alpha value is -0.180. The van der Waals surface area contributed by atoms with Gasteiger partial charge in [0.2, 0.25) is 0 Å². The van der Waals surface area contributed by atoms with Crippen molar-refractivity contribution in [3.05, 3.63) is 0 Å². The van der Waals surface area contributed by atoms with E-state index in [-0.39, 0.29) is 6.54 Å². The predicted molar refractivity (Wildman–Crippen MR) is 40.8 cm³/mol. The number of hydrogen-bond donors (Lipinski definition) is 0. The first-order chi connectivity index (χ1) is 5.18. The van der Waals surface area contributed by atoms with Crippen LogP contribution in [0.3, 0.4) is 0 Å². The first kappa shape index (κ1) is 8.91. The van der Waals surface area contributed by atoms with Gasteiger partial charge in [0, 0.05) is 6.54 Å². The van der Waals surface area contributed by atoms with Crippen molar-refractivity contribution >= 4 is 0 Å². The second-order valence-electron chi connectivity index (χ2n) is 3.40. The standard InChI is InChI=1S/C8H15F2N/c1-7-3-2-4-11(5-7)6-8(9)10/h7-8H,2-6H2,1H3. The van der Waals surface area contributed by atoms with Crippen LogP contribution >= 0.6 is 0 Å². The highest BCUT2D eigenvalue weighted by molar-refractivity contribution is 4.69. The molecule has 0 bridgehead atoms. The molecular weight excluding hydrogens is 148 g/mol. The van der Waals surface area contributed by atoms with Crippen LogP contribution in [0.1, 0.15) is 19.8 Å². The van der Waals surface area contributed by atoms with Crippen molar-refractivity contribution in [2.24, 2.45) is 5.92 Å². The van der Waals surface area contributed by atoms with Gasteiger partial charge in [-0.2, -0.15) is 0 Å². The molecule has 0 amide bonds. The van der Waals surface area contributed by atoms with Gasteiger partial charge in [0.25, 0.3) is 6.43 Å². The largest absolute Gasteiger partial charge is 0.297 e. The van der Waals surface area contributed by atoms with Crippen LogP contribution in [0.5, 0.6) is 0 Å². The van der Waals surface area contributed by atoms with Gasteiger partial charge in [-0.3, -0.25) is 4.90 Å². The fraction of sp³-hybridized carbons (Fsp3) is 1.00. The molecule has 0 radical (unpaired) electrons. The van der Waals surface area contributed by atoms with Crippen molar-refractivity contribution in [2.45, 2.75) is 26.2 Å². The smallest absolute Gasteiger partial charge is 0.251 e. The quantitative estimate of drug-likeness (QED) is 0.601. The van der Waals surface area contributed by atoms with Crippen LogP contribution in [0, 0.1) is 5.92 Å². The minimum atomic E-state index is -2.17. The van der Waals surface area contributed by atoms with Crippen molar-refractivity contribution in [1.82, 2.24) is 4.90 Å². The lowest BCUT2D eigenvalue weighted by Crippen LogP contribution is -2.37. The monoisotopic (exact) mass is 163 g/mol. The molecule has 0 aromatic carbocycles. The van der Waals surface area contributed by atoms with Gasteiger partial charge in [0.15, 0.2) is 0 Å². The lowest BCUT2D eigenvalue weighted by Gasteiger charge is -2.30. The van der Waals surface area contributed by atoms with E-state index in [9.17, 15) is 8.78 Å². The summed E-state index contributed by atoms with van der Waals surface area (Å²) in [7, 11) is 0. The lowest BCUT2D eigenvalue weighted by atomic mass is 10.0. The van der Waals surface area contributed by atoms with Crippen LogP contribution in [0.25, 0.3) is 0 Å². The molecule has 0 saturated carbocycles. The van der Waals surface area contributed by atoms with E-state index in [2.05, 4.69) is 6.92 Å². The van der Waals surface area contributed by atoms with Gasteiger partial charge in [0.1, 0.15) is 0 Å². The number of likely N-dealkylation sites (tertiary alicyclic amines) is 1. The third-order valence-corrected chi connectivity index (χ3v) is 2.14. The topological polar surface area (TPSA) is 3.24 Å². The average molecular weight is 163 g/mol. The number of hydrogen-bond acceptors (Lipinski definition) is 1. The minimum Gasteiger partial charge on any atom is -0.297 e. The average Bonchev–Trinajstić information content (AvgIpc) is 1.85. The Balaban J connectivity index is 2.23. The highest BCUT2D eigenvalue weighted by atomic mass is 19.3. The van der Waals surface area contributed by atoms with E-state index in [1.807, 2.05) is 4.90 Å². The zero-order valence-corrected chi connectivity index (χ0v) is 6.89. The van der Waals surface area contributed by atoms with Crippen molar-refractivity contribution in [3.63, 3.8) is 0 Å². The summed E-state index contributed by atoms with van der Waals surface area (Å²) in [5.74, 6) is 0.600. The Morgan fingerprint density at radius 2 is 2.27 bits per heavy atom. The Morgan fingerprint density at radius 1 is 1.55 bits per heavy atom. The molecule has 0 aromatic rings. The summed E-state index contributed by atoms with van der Waals surface area (Å²) >= 11 is 0. The first-order valence-electron chi connectivity index (χ1n) is 4.19. The van der Waals surface area contributed by atoms with E-state index < -0.39 is 6.43 Å². The number of alkyl halides is 2. The minimum absolute atomic E-state index is 0.0374. The van der Waals surface area contributed by atoms with Gasteiger partial charge in [-0.05, 0) is 25.3 Å². The highest BCUT2D eigenvalue weighted by Gasteiger charge is 2.18. The van der Waals surface area contributed by atoms with Crippen LogP contribution in [0.15, 0.2) is 0 Å². The van der Waals surface area contributed by atoms with Gasteiger partial charge < -0.3 is 0 Å². The van der Waals surface area contributed by atoms with Crippen LogP contribution in [0.4, 0.5) is 8.78 Å². The molecule has 1 nitrogen and oxygen atoms in total. The van der Waals surface area contributed by atoms with Crippen LogP contribution in [-0.2, 0) is 0 Å². The molecule has 1 rings (SSSR count). The maximum Gasteiger partial charge on any atom is 0.251 e. The fourth-order valence-electron chi connectivity index (χ4n) is 1.65. The Morgan fingerprint density at radius 3 is 2.82 bits per heavy atom. The van der Waals surface area contributed by atoms with Gasteiger partial charge in [-0.25, -0.2) is 8.78 Å². The molecule has 1 saturated heterocycles. The van der Waals surface area contributed by atoms with E-state index in [0.29, 0.717) is 5.92 Å². The third-order valence-electron chi connectivity index (χ3n) is 2.14. The number of halogens is 2. The predicted octanol–water partition coefficient (Wildman–Crippen LogP) is 1.98. The molecule has 1 atom stereocenters. The molecule has 66 valence electrons. The van der Waals surface area contributed by atoms with Gasteiger partial charge in [-0.15, -0.1) is 0 Å². The maximum atomic E-state index is 11.9. The molecule has 1 heterocycles. The molecule has 0 aromatic heterocycles. The molecule has 0 N–H and O–H groups in total. The molecule has 3 heteroatoms. The molecular formula is C8H15F2N. The summed E-state index contributed by atoms with van der Waals surface area (Å²) < 4.78 is 23.8. The van der Waals surface area contributed by atoms with Crippen LogP contribution in [-0.4, -0.2) is 31.0 Å². The molecule has 0 spiro atoms. The molecule has 1 aliphatic rings. The normalized spacial score (nSPS) is 27.8. The summed E-state index contributed by atoms with van der Waals surface area (Å²) in [5.41, 5.74) is 0. The van der Waals surface area contributed by atoms with E-state index in [1.54, 1.807) is 0 Å². The van der Waals surface area contributed by atoms with Gasteiger partial charge in [-0.1, -0.05) is 6.92 Å². The summed E-state index contributed by atoms with van der Waals surface area (Å²) in [6.07, 6.45) is 0.105. The summed E-state index contributed by atoms with van der Waals surface area (Å²) in [6.45, 7) is 3.79. The molecule has 1 fully saturated rings. The van der Waals surface area contributed by atoms with Crippen molar-refractivity contribution in [3.8, 4) is 0 Å².